The predicted molar refractivity (Wildman–Crippen MR) is 108 cm³/mol. The van der Waals surface area contributed by atoms with Crippen LogP contribution in [0.5, 0.6) is 0 Å². The molecule has 138 valence electrons. The van der Waals surface area contributed by atoms with Crippen LogP contribution in [0.1, 0.15) is 24.2 Å². The molecule has 0 aliphatic carbocycles. The number of anilines is 3. The summed E-state index contributed by atoms with van der Waals surface area (Å²) in [5.74, 6) is -1.04. The summed E-state index contributed by atoms with van der Waals surface area (Å²) in [7, 11) is 0. The van der Waals surface area contributed by atoms with E-state index in [1.54, 1.807) is 24.3 Å². The van der Waals surface area contributed by atoms with Gasteiger partial charge < -0.3 is 15.7 Å². The first-order chi connectivity index (χ1) is 12.9. The highest BCUT2D eigenvalue weighted by Gasteiger charge is 2.09. The summed E-state index contributed by atoms with van der Waals surface area (Å²) in [6.07, 6.45) is 0. The van der Waals surface area contributed by atoms with Crippen LogP contribution in [-0.4, -0.2) is 22.0 Å². The van der Waals surface area contributed by atoms with Crippen LogP contribution in [0.4, 0.5) is 16.5 Å². The van der Waals surface area contributed by atoms with E-state index in [1.165, 1.54) is 11.3 Å². The highest BCUT2D eigenvalue weighted by Crippen LogP contribution is 2.28. The quantitative estimate of drug-likeness (QED) is 0.568. The van der Waals surface area contributed by atoms with Gasteiger partial charge in [0.2, 0.25) is 5.91 Å². The summed E-state index contributed by atoms with van der Waals surface area (Å²) in [5.41, 5.74) is 3.54. The Labute approximate surface area is 160 Å². The van der Waals surface area contributed by atoms with Crippen LogP contribution < -0.4 is 10.6 Å². The maximum Gasteiger partial charge on any atom is 0.335 e. The fourth-order valence-corrected chi connectivity index (χ4v) is 3.03. The normalized spacial score (nSPS) is 10.6. The van der Waals surface area contributed by atoms with Gasteiger partial charge in [0.15, 0.2) is 5.13 Å². The number of aromatic carboxylic acids is 1. The van der Waals surface area contributed by atoms with E-state index >= 15 is 0 Å². The Kier molecular flexibility index (Phi) is 5.52. The van der Waals surface area contributed by atoms with Crippen molar-refractivity contribution in [1.29, 1.82) is 0 Å². The Hall–Kier alpha value is -3.19. The number of amides is 1. The van der Waals surface area contributed by atoms with E-state index in [9.17, 15) is 9.59 Å². The topological polar surface area (TPSA) is 91.3 Å². The molecule has 7 heteroatoms. The molecule has 2 aromatic carbocycles. The van der Waals surface area contributed by atoms with Crippen molar-refractivity contribution in [3.63, 3.8) is 0 Å². The van der Waals surface area contributed by atoms with Crippen molar-refractivity contribution in [2.24, 2.45) is 5.92 Å². The molecule has 0 fully saturated rings. The fourth-order valence-electron chi connectivity index (χ4n) is 2.29. The van der Waals surface area contributed by atoms with Crippen molar-refractivity contribution in [2.45, 2.75) is 13.8 Å². The average Bonchev–Trinajstić information content (AvgIpc) is 3.11. The number of aromatic nitrogens is 1. The zero-order valence-corrected chi connectivity index (χ0v) is 15.7. The van der Waals surface area contributed by atoms with Crippen LogP contribution in [0, 0.1) is 5.92 Å². The number of carboxylic acid groups (broad SMARTS) is 1. The van der Waals surface area contributed by atoms with Crippen LogP contribution in [0.2, 0.25) is 0 Å². The molecule has 0 aliphatic rings. The number of carboxylic acids is 1. The Morgan fingerprint density at radius 1 is 1.00 bits per heavy atom. The third-order valence-electron chi connectivity index (χ3n) is 3.86. The third-order valence-corrected chi connectivity index (χ3v) is 4.62. The molecule has 0 bridgehead atoms. The van der Waals surface area contributed by atoms with E-state index in [2.05, 4.69) is 15.6 Å². The largest absolute Gasteiger partial charge is 0.478 e. The van der Waals surface area contributed by atoms with Crippen molar-refractivity contribution in [3.05, 3.63) is 59.5 Å². The molecule has 0 aliphatic heterocycles. The lowest BCUT2D eigenvalue weighted by atomic mass is 10.1. The van der Waals surface area contributed by atoms with Crippen molar-refractivity contribution < 1.29 is 14.7 Å². The van der Waals surface area contributed by atoms with Crippen LogP contribution in [0.3, 0.4) is 0 Å². The van der Waals surface area contributed by atoms with Gasteiger partial charge in [0.1, 0.15) is 0 Å². The van der Waals surface area contributed by atoms with Crippen LogP contribution in [0.15, 0.2) is 53.9 Å². The second kappa shape index (κ2) is 8.01. The minimum absolute atomic E-state index is 0.0168. The molecule has 3 aromatic rings. The zero-order valence-electron chi connectivity index (χ0n) is 14.9. The van der Waals surface area contributed by atoms with Crippen LogP contribution in [-0.2, 0) is 4.79 Å². The molecule has 0 atom stereocenters. The van der Waals surface area contributed by atoms with Crippen molar-refractivity contribution in [2.75, 3.05) is 10.6 Å². The lowest BCUT2D eigenvalue weighted by Gasteiger charge is -2.08. The first kappa shape index (κ1) is 18.6. The third kappa shape index (κ3) is 4.71. The number of rotatable bonds is 6. The summed E-state index contributed by atoms with van der Waals surface area (Å²) >= 11 is 1.46. The first-order valence-electron chi connectivity index (χ1n) is 8.39. The summed E-state index contributed by atoms with van der Waals surface area (Å²) in [6.45, 7) is 3.70. The monoisotopic (exact) mass is 381 g/mol. The van der Waals surface area contributed by atoms with Gasteiger partial charge in [-0.3, -0.25) is 4.79 Å². The molecule has 3 rings (SSSR count). The van der Waals surface area contributed by atoms with Gasteiger partial charge in [-0.1, -0.05) is 26.0 Å². The molecule has 0 saturated carbocycles. The molecule has 3 N–H and O–H groups in total. The molecule has 0 spiro atoms. The number of hydrogen-bond acceptors (Lipinski definition) is 5. The molecule has 6 nitrogen and oxygen atoms in total. The SMILES string of the molecule is CC(C)C(=O)Nc1ccc(-c2csc(Nc3ccc(C(=O)O)cc3)n2)cc1. The lowest BCUT2D eigenvalue weighted by Crippen LogP contribution is -2.17. The number of hydrogen-bond donors (Lipinski definition) is 3. The minimum Gasteiger partial charge on any atom is -0.478 e. The van der Waals surface area contributed by atoms with E-state index in [-0.39, 0.29) is 17.4 Å². The number of nitrogens with one attached hydrogen (secondary N) is 2. The van der Waals surface area contributed by atoms with Crippen molar-refractivity contribution in [1.82, 2.24) is 4.98 Å². The Balaban J connectivity index is 1.68. The number of nitrogens with zero attached hydrogens (tertiary/aromatic N) is 1. The molecule has 1 heterocycles. The summed E-state index contributed by atoms with van der Waals surface area (Å²) < 4.78 is 0. The number of thiazole rings is 1. The Morgan fingerprint density at radius 2 is 1.63 bits per heavy atom. The molecule has 0 unspecified atom stereocenters. The van der Waals surface area contributed by atoms with Gasteiger partial charge in [-0.05, 0) is 36.4 Å². The zero-order chi connectivity index (χ0) is 19.4. The van der Waals surface area contributed by atoms with Gasteiger partial charge in [0, 0.05) is 28.2 Å². The maximum absolute atomic E-state index is 11.7. The fraction of sp³-hybridized carbons (Fsp3) is 0.150. The molecule has 0 saturated heterocycles. The van der Waals surface area contributed by atoms with E-state index in [0.29, 0.717) is 5.13 Å². The Morgan fingerprint density at radius 3 is 2.22 bits per heavy atom. The number of carbonyl (C=O) groups is 2. The lowest BCUT2D eigenvalue weighted by molar-refractivity contribution is -0.118. The van der Waals surface area contributed by atoms with Crippen molar-refractivity contribution in [3.8, 4) is 11.3 Å². The standard InChI is InChI=1S/C20H19N3O3S/c1-12(2)18(24)21-15-7-3-13(4-8-15)17-11-27-20(23-17)22-16-9-5-14(6-10-16)19(25)26/h3-12H,1-2H3,(H,21,24)(H,22,23)(H,25,26). The molecule has 1 aromatic heterocycles. The summed E-state index contributed by atoms with van der Waals surface area (Å²) in [4.78, 5) is 27.2. The van der Waals surface area contributed by atoms with E-state index < -0.39 is 5.97 Å². The smallest absolute Gasteiger partial charge is 0.335 e. The second-order valence-corrected chi connectivity index (χ2v) is 7.12. The van der Waals surface area contributed by atoms with E-state index in [4.69, 9.17) is 5.11 Å². The molecule has 1 amide bonds. The summed E-state index contributed by atoms with van der Waals surface area (Å²) in [5, 5.41) is 17.6. The van der Waals surface area contributed by atoms with E-state index in [1.807, 2.05) is 43.5 Å². The average molecular weight is 381 g/mol. The highest BCUT2D eigenvalue weighted by atomic mass is 32.1. The molecule has 27 heavy (non-hydrogen) atoms. The van der Waals surface area contributed by atoms with Gasteiger partial charge in [-0.15, -0.1) is 11.3 Å². The number of benzene rings is 2. The van der Waals surface area contributed by atoms with Gasteiger partial charge in [-0.2, -0.15) is 0 Å². The highest BCUT2D eigenvalue weighted by molar-refractivity contribution is 7.14. The van der Waals surface area contributed by atoms with Crippen molar-refractivity contribution >= 4 is 39.7 Å². The van der Waals surface area contributed by atoms with Crippen LogP contribution >= 0.6 is 11.3 Å². The number of carbonyl (C=O) groups excluding carboxylic acids is 1. The predicted octanol–water partition coefficient (Wildman–Crippen LogP) is 4.85. The molecular formula is C20H19N3O3S. The summed E-state index contributed by atoms with van der Waals surface area (Å²) in [6, 6.07) is 14.0. The molecular weight excluding hydrogens is 362 g/mol. The second-order valence-electron chi connectivity index (χ2n) is 6.27. The van der Waals surface area contributed by atoms with Gasteiger partial charge in [-0.25, -0.2) is 9.78 Å². The minimum atomic E-state index is -0.953. The maximum atomic E-state index is 11.7. The van der Waals surface area contributed by atoms with Crippen LogP contribution in [0.25, 0.3) is 11.3 Å². The molecule has 0 radical (unpaired) electrons. The Bertz CT molecular complexity index is 947. The van der Waals surface area contributed by atoms with Gasteiger partial charge in [0.25, 0.3) is 0 Å². The first-order valence-corrected chi connectivity index (χ1v) is 9.27. The van der Waals surface area contributed by atoms with Gasteiger partial charge in [0.05, 0.1) is 11.3 Å². The van der Waals surface area contributed by atoms with Gasteiger partial charge >= 0.3 is 5.97 Å². The van der Waals surface area contributed by atoms with E-state index in [0.717, 1.165) is 22.6 Å².